The van der Waals surface area contributed by atoms with Crippen LogP contribution in [0.15, 0.2) is 109 Å². The second kappa shape index (κ2) is 9.53. The molecule has 4 aromatic carbocycles. The molecule has 0 heterocycles. The molecule has 0 N–H and O–H groups in total. The quantitative estimate of drug-likeness (QED) is 0.245. The van der Waals surface area contributed by atoms with E-state index in [1.165, 1.54) is 11.1 Å². The highest BCUT2D eigenvalue weighted by molar-refractivity contribution is 5.34. The number of hydrogen-bond donors (Lipinski definition) is 0. The Kier molecular flexibility index (Phi) is 6.38. The Hall–Kier alpha value is -3.20. The van der Waals surface area contributed by atoms with Gasteiger partial charge in [0.2, 0.25) is 0 Å². The molecule has 2 nitrogen and oxygen atoms in total. The van der Waals surface area contributed by atoms with Gasteiger partial charge < -0.3 is 0 Å². The van der Waals surface area contributed by atoms with Crippen LogP contribution in [0.1, 0.15) is 45.6 Å². The Morgan fingerprint density at radius 2 is 0.800 bits per heavy atom. The maximum atomic E-state index is 6.18. The Balaban J connectivity index is 1.67. The molecule has 2 atom stereocenters. The third-order valence-corrected chi connectivity index (χ3v) is 5.14. The number of hydrogen-bond acceptors (Lipinski definition) is 2. The van der Waals surface area contributed by atoms with Crippen LogP contribution >= 0.6 is 0 Å². The number of aryl methyl sites for hydroxylation is 2. The van der Waals surface area contributed by atoms with Gasteiger partial charge in [-0.15, -0.1) is 0 Å². The van der Waals surface area contributed by atoms with Crippen LogP contribution < -0.4 is 0 Å². The Morgan fingerprint density at radius 1 is 0.433 bits per heavy atom. The van der Waals surface area contributed by atoms with Crippen molar-refractivity contribution in [3.8, 4) is 0 Å². The summed E-state index contributed by atoms with van der Waals surface area (Å²) in [6.45, 7) is 4.18. The van der Waals surface area contributed by atoms with Gasteiger partial charge in [0.05, 0.1) is 0 Å². The highest BCUT2D eigenvalue weighted by Crippen LogP contribution is 2.32. The van der Waals surface area contributed by atoms with Gasteiger partial charge in [-0.05, 0) is 36.1 Å². The van der Waals surface area contributed by atoms with Crippen LogP contribution in [0.3, 0.4) is 0 Å². The second-order valence-electron chi connectivity index (χ2n) is 7.60. The van der Waals surface area contributed by atoms with Crippen LogP contribution in [0.25, 0.3) is 0 Å². The number of benzene rings is 4. The molecule has 0 fully saturated rings. The van der Waals surface area contributed by atoms with Gasteiger partial charge in [-0.25, -0.2) is 9.78 Å². The van der Waals surface area contributed by atoms with Crippen molar-refractivity contribution in [1.82, 2.24) is 0 Å². The summed E-state index contributed by atoms with van der Waals surface area (Å²) in [5.41, 5.74) is 6.62. The highest BCUT2D eigenvalue weighted by atomic mass is 17.2. The summed E-state index contributed by atoms with van der Waals surface area (Å²) in [6.07, 6.45) is -0.635. The van der Waals surface area contributed by atoms with E-state index in [2.05, 4.69) is 86.6 Å². The molecule has 150 valence electrons. The van der Waals surface area contributed by atoms with Crippen LogP contribution in [0, 0.1) is 13.8 Å². The summed E-state index contributed by atoms with van der Waals surface area (Å²) in [5, 5.41) is 0. The predicted molar refractivity (Wildman–Crippen MR) is 121 cm³/mol. The fraction of sp³-hybridized carbons (Fsp3) is 0.143. The molecule has 0 aliphatic heterocycles. The highest BCUT2D eigenvalue weighted by Gasteiger charge is 2.22. The maximum Gasteiger partial charge on any atom is 0.143 e. The zero-order valence-corrected chi connectivity index (χ0v) is 17.4. The lowest BCUT2D eigenvalue weighted by atomic mass is 9.99. The minimum atomic E-state index is -0.317. The average Bonchev–Trinajstić information content (AvgIpc) is 2.78. The first-order valence-corrected chi connectivity index (χ1v) is 10.3. The third-order valence-electron chi connectivity index (χ3n) is 5.14. The normalized spacial score (nSPS) is 13.0. The van der Waals surface area contributed by atoms with E-state index in [0.29, 0.717) is 0 Å². The van der Waals surface area contributed by atoms with E-state index in [-0.39, 0.29) is 12.2 Å². The zero-order valence-electron chi connectivity index (χ0n) is 17.4. The van der Waals surface area contributed by atoms with Gasteiger partial charge in [0.25, 0.3) is 0 Å². The topological polar surface area (TPSA) is 18.5 Å². The van der Waals surface area contributed by atoms with E-state index in [9.17, 15) is 0 Å². The van der Waals surface area contributed by atoms with Crippen LogP contribution in [0.5, 0.6) is 0 Å². The Morgan fingerprint density at radius 3 is 1.17 bits per heavy atom. The van der Waals surface area contributed by atoms with Crippen molar-refractivity contribution in [2.75, 3.05) is 0 Å². The lowest BCUT2D eigenvalue weighted by Gasteiger charge is -2.23. The SMILES string of the molecule is Cc1cccc(C(OOC(c2ccccc2)c2cccc(C)c2)c2ccccc2)c1. The van der Waals surface area contributed by atoms with E-state index in [1.54, 1.807) is 0 Å². The summed E-state index contributed by atoms with van der Waals surface area (Å²) in [4.78, 5) is 12.4. The van der Waals surface area contributed by atoms with Gasteiger partial charge >= 0.3 is 0 Å². The van der Waals surface area contributed by atoms with Crippen LogP contribution in [0.2, 0.25) is 0 Å². The fourth-order valence-corrected chi connectivity index (χ4v) is 3.64. The lowest BCUT2D eigenvalue weighted by Crippen LogP contribution is -2.12. The summed E-state index contributed by atoms with van der Waals surface area (Å²) in [5.74, 6) is 0. The smallest absolute Gasteiger partial charge is 0.143 e. The molecule has 0 radical (unpaired) electrons. The first-order chi connectivity index (χ1) is 14.7. The van der Waals surface area contributed by atoms with Gasteiger partial charge in [-0.3, -0.25) is 0 Å². The van der Waals surface area contributed by atoms with Crippen molar-refractivity contribution >= 4 is 0 Å². The molecule has 0 saturated carbocycles. The van der Waals surface area contributed by atoms with E-state index < -0.39 is 0 Å². The molecular weight excluding hydrogens is 368 g/mol. The zero-order chi connectivity index (χ0) is 20.8. The molecule has 4 rings (SSSR count). The minimum absolute atomic E-state index is 0.317. The Labute approximate surface area is 178 Å². The molecule has 4 aromatic rings. The summed E-state index contributed by atoms with van der Waals surface area (Å²) >= 11 is 0. The molecule has 2 heteroatoms. The standard InChI is InChI=1S/C28H26O2/c1-21-11-9-17-25(19-21)27(23-13-5-3-6-14-23)29-30-28(24-15-7-4-8-16-24)26-18-10-12-22(2)20-26/h3-20,27-28H,1-2H3. The second-order valence-corrected chi connectivity index (χ2v) is 7.60. The first-order valence-electron chi connectivity index (χ1n) is 10.3. The van der Waals surface area contributed by atoms with Crippen molar-refractivity contribution in [2.24, 2.45) is 0 Å². The van der Waals surface area contributed by atoms with E-state index in [1.807, 2.05) is 36.4 Å². The average molecular weight is 395 g/mol. The van der Waals surface area contributed by atoms with E-state index in [0.717, 1.165) is 22.3 Å². The third kappa shape index (κ3) is 4.85. The van der Waals surface area contributed by atoms with Crippen LogP contribution in [-0.2, 0) is 9.78 Å². The monoisotopic (exact) mass is 394 g/mol. The van der Waals surface area contributed by atoms with Gasteiger partial charge in [0, 0.05) is 0 Å². The summed E-state index contributed by atoms with van der Waals surface area (Å²) in [6, 6.07) is 37.1. The molecule has 2 unspecified atom stereocenters. The number of rotatable bonds is 7. The van der Waals surface area contributed by atoms with E-state index >= 15 is 0 Å². The molecular formula is C28H26O2. The fourth-order valence-electron chi connectivity index (χ4n) is 3.64. The van der Waals surface area contributed by atoms with Crippen molar-refractivity contribution in [1.29, 1.82) is 0 Å². The summed E-state index contributed by atoms with van der Waals surface area (Å²) in [7, 11) is 0. The van der Waals surface area contributed by atoms with Gasteiger partial charge in [0.15, 0.2) is 0 Å². The molecule has 0 amide bonds. The van der Waals surface area contributed by atoms with Crippen LogP contribution in [0.4, 0.5) is 0 Å². The molecule has 0 saturated heterocycles. The van der Waals surface area contributed by atoms with Crippen molar-refractivity contribution in [3.63, 3.8) is 0 Å². The van der Waals surface area contributed by atoms with Gasteiger partial charge in [0.1, 0.15) is 12.2 Å². The lowest BCUT2D eigenvalue weighted by molar-refractivity contribution is -0.340. The molecule has 0 aromatic heterocycles. The molecule has 0 aliphatic carbocycles. The van der Waals surface area contributed by atoms with E-state index in [4.69, 9.17) is 9.78 Å². The predicted octanol–water partition coefficient (Wildman–Crippen LogP) is 7.13. The molecule has 0 spiro atoms. The van der Waals surface area contributed by atoms with Gasteiger partial charge in [-0.2, -0.15) is 0 Å². The minimum Gasteiger partial charge on any atom is -0.223 e. The summed E-state index contributed by atoms with van der Waals surface area (Å²) < 4.78 is 0. The molecule has 0 bridgehead atoms. The van der Waals surface area contributed by atoms with Crippen LogP contribution in [-0.4, -0.2) is 0 Å². The van der Waals surface area contributed by atoms with Crippen molar-refractivity contribution in [2.45, 2.75) is 26.1 Å². The Bertz CT molecular complexity index is 985. The van der Waals surface area contributed by atoms with Gasteiger partial charge in [-0.1, -0.05) is 120 Å². The molecule has 30 heavy (non-hydrogen) atoms. The molecule has 0 aliphatic rings. The maximum absolute atomic E-state index is 6.18. The van der Waals surface area contributed by atoms with Crippen molar-refractivity contribution < 1.29 is 9.78 Å². The van der Waals surface area contributed by atoms with Crippen molar-refractivity contribution in [3.05, 3.63) is 143 Å². The largest absolute Gasteiger partial charge is 0.223 e. The first kappa shape index (κ1) is 20.1.